The summed E-state index contributed by atoms with van der Waals surface area (Å²) in [5, 5.41) is 2.91. The SMILES string of the molecule is CNc1cc(F)ccc1-c1ccnc(N)n1. The second kappa shape index (κ2) is 4.14. The van der Waals surface area contributed by atoms with Crippen molar-refractivity contribution >= 4 is 11.6 Å². The zero-order valence-electron chi connectivity index (χ0n) is 8.74. The van der Waals surface area contributed by atoms with E-state index in [2.05, 4.69) is 15.3 Å². The molecule has 1 aromatic carbocycles. The fourth-order valence-corrected chi connectivity index (χ4v) is 1.47. The average molecular weight is 218 g/mol. The minimum Gasteiger partial charge on any atom is -0.387 e. The number of nitrogens with zero attached hydrogens (tertiary/aromatic N) is 2. The van der Waals surface area contributed by atoms with Gasteiger partial charge in [-0.15, -0.1) is 0 Å². The number of rotatable bonds is 2. The number of hydrogen-bond acceptors (Lipinski definition) is 4. The molecule has 4 nitrogen and oxygen atoms in total. The summed E-state index contributed by atoms with van der Waals surface area (Å²) in [6.45, 7) is 0. The quantitative estimate of drug-likeness (QED) is 0.808. The van der Waals surface area contributed by atoms with Gasteiger partial charge in [-0.2, -0.15) is 0 Å². The number of aromatic nitrogens is 2. The Morgan fingerprint density at radius 1 is 1.31 bits per heavy atom. The lowest BCUT2D eigenvalue weighted by Crippen LogP contribution is -1.98. The van der Waals surface area contributed by atoms with Crippen molar-refractivity contribution in [3.8, 4) is 11.3 Å². The molecule has 0 aliphatic heterocycles. The van der Waals surface area contributed by atoms with E-state index in [-0.39, 0.29) is 11.8 Å². The smallest absolute Gasteiger partial charge is 0.220 e. The zero-order valence-corrected chi connectivity index (χ0v) is 8.74. The molecule has 0 atom stereocenters. The van der Waals surface area contributed by atoms with Crippen LogP contribution in [0.15, 0.2) is 30.5 Å². The van der Waals surface area contributed by atoms with E-state index in [0.717, 1.165) is 5.56 Å². The van der Waals surface area contributed by atoms with Crippen LogP contribution in [-0.4, -0.2) is 17.0 Å². The van der Waals surface area contributed by atoms with Gasteiger partial charge in [0.05, 0.1) is 5.69 Å². The van der Waals surface area contributed by atoms with Crippen LogP contribution in [-0.2, 0) is 0 Å². The zero-order chi connectivity index (χ0) is 11.5. The van der Waals surface area contributed by atoms with Gasteiger partial charge in [0.1, 0.15) is 5.82 Å². The predicted octanol–water partition coefficient (Wildman–Crippen LogP) is 1.91. The molecule has 0 aliphatic carbocycles. The fraction of sp³-hybridized carbons (Fsp3) is 0.0909. The summed E-state index contributed by atoms with van der Waals surface area (Å²) < 4.78 is 13.0. The third kappa shape index (κ3) is 1.93. The van der Waals surface area contributed by atoms with Gasteiger partial charge in [0.25, 0.3) is 0 Å². The molecule has 82 valence electrons. The summed E-state index contributed by atoms with van der Waals surface area (Å²) in [6, 6.07) is 6.18. The van der Waals surface area contributed by atoms with E-state index < -0.39 is 0 Å². The Morgan fingerprint density at radius 2 is 2.12 bits per heavy atom. The minimum atomic E-state index is -0.296. The van der Waals surface area contributed by atoms with Gasteiger partial charge < -0.3 is 11.1 Å². The second-order valence-corrected chi connectivity index (χ2v) is 3.24. The van der Waals surface area contributed by atoms with Crippen molar-refractivity contribution in [3.63, 3.8) is 0 Å². The van der Waals surface area contributed by atoms with Crippen molar-refractivity contribution in [3.05, 3.63) is 36.3 Å². The average Bonchev–Trinajstić information content (AvgIpc) is 2.28. The van der Waals surface area contributed by atoms with Gasteiger partial charge in [-0.25, -0.2) is 14.4 Å². The maximum absolute atomic E-state index is 13.0. The van der Waals surface area contributed by atoms with Crippen LogP contribution in [0.3, 0.4) is 0 Å². The highest BCUT2D eigenvalue weighted by Crippen LogP contribution is 2.26. The van der Waals surface area contributed by atoms with Gasteiger partial charge in [0.2, 0.25) is 5.95 Å². The van der Waals surface area contributed by atoms with Crippen LogP contribution in [0.5, 0.6) is 0 Å². The third-order valence-electron chi connectivity index (χ3n) is 2.20. The minimum absolute atomic E-state index is 0.198. The first kappa shape index (κ1) is 10.4. The van der Waals surface area contributed by atoms with Crippen molar-refractivity contribution in [1.29, 1.82) is 0 Å². The Morgan fingerprint density at radius 3 is 2.81 bits per heavy atom. The van der Waals surface area contributed by atoms with Crippen molar-refractivity contribution in [1.82, 2.24) is 9.97 Å². The van der Waals surface area contributed by atoms with Gasteiger partial charge in [-0.05, 0) is 24.3 Å². The summed E-state index contributed by atoms with van der Waals surface area (Å²) in [5.74, 6) is -0.0981. The Balaban J connectivity index is 2.55. The van der Waals surface area contributed by atoms with Crippen LogP contribution < -0.4 is 11.1 Å². The van der Waals surface area contributed by atoms with E-state index in [0.29, 0.717) is 11.4 Å². The highest BCUT2D eigenvalue weighted by molar-refractivity contribution is 5.75. The lowest BCUT2D eigenvalue weighted by atomic mass is 10.1. The van der Waals surface area contributed by atoms with Gasteiger partial charge in [-0.3, -0.25) is 0 Å². The molecule has 0 unspecified atom stereocenters. The van der Waals surface area contributed by atoms with Crippen LogP contribution >= 0.6 is 0 Å². The highest BCUT2D eigenvalue weighted by atomic mass is 19.1. The Bertz CT molecular complexity index is 513. The molecule has 2 aromatic rings. The van der Waals surface area contributed by atoms with E-state index in [1.165, 1.54) is 12.1 Å². The Kier molecular flexibility index (Phi) is 2.68. The lowest BCUT2D eigenvalue weighted by molar-refractivity contribution is 0.628. The van der Waals surface area contributed by atoms with E-state index in [1.54, 1.807) is 25.4 Å². The molecule has 1 heterocycles. The third-order valence-corrected chi connectivity index (χ3v) is 2.20. The van der Waals surface area contributed by atoms with Crippen LogP contribution in [0.1, 0.15) is 0 Å². The number of benzene rings is 1. The van der Waals surface area contributed by atoms with E-state index in [4.69, 9.17) is 5.73 Å². The van der Waals surface area contributed by atoms with Gasteiger partial charge in [0, 0.05) is 24.5 Å². The van der Waals surface area contributed by atoms with Crippen molar-refractivity contribution in [2.24, 2.45) is 0 Å². The Hall–Kier alpha value is -2.17. The normalized spacial score (nSPS) is 10.1. The summed E-state index contributed by atoms with van der Waals surface area (Å²) in [5.41, 5.74) is 7.62. The van der Waals surface area contributed by atoms with Crippen LogP contribution in [0.2, 0.25) is 0 Å². The molecule has 1 aromatic heterocycles. The topological polar surface area (TPSA) is 63.8 Å². The molecule has 0 fully saturated rings. The highest BCUT2D eigenvalue weighted by Gasteiger charge is 2.07. The molecule has 0 saturated carbocycles. The number of halogens is 1. The van der Waals surface area contributed by atoms with E-state index >= 15 is 0 Å². The summed E-state index contributed by atoms with van der Waals surface area (Å²) in [4.78, 5) is 7.90. The molecule has 16 heavy (non-hydrogen) atoms. The molecular formula is C11H11FN4. The largest absolute Gasteiger partial charge is 0.387 e. The van der Waals surface area contributed by atoms with Crippen molar-refractivity contribution in [2.45, 2.75) is 0 Å². The number of nitrogens with one attached hydrogen (secondary N) is 1. The van der Waals surface area contributed by atoms with Crippen LogP contribution in [0.4, 0.5) is 16.0 Å². The first-order chi connectivity index (χ1) is 7.70. The molecule has 0 bridgehead atoms. The van der Waals surface area contributed by atoms with Gasteiger partial charge >= 0.3 is 0 Å². The van der Waals surface area contributed by atoms with Crippen LogP contribution in [0, 0.1) is 5.82 Å². The molecule has 0 aliphatic rings. The molecule has 0 radical (unpaired) electrons. The molecule has 2 rings (SSSR count). The van der Waals surface area contributed by atoms with E-state index in [9.17, 15) is 4.39 Å². The molecule has 5 heteroatoms. The molecule has 0 spiro atoms. The number of anilines is 2. The molecular weight excluding hydrogens is 207 g/mol. The number of hydrogen-bond donors (Lipinski definition) is 2. The summed E-state index contributed by atoms with van der Waals surface area (Å²) in [7, 11) is 1.73. The van der Waals surface area contributed by atoms with Crippen molar-refractivity contribution in [2.75, 3.05) is 18.1 Å². The first-order valence-corrected chi connectivity index (χ1v) is 4.77. The van der Waals surface area contributed by atoms with Crippen molar-refractivity contribution < 1.29 is 4.39 Å². The number of nitrogen functional groups attached to an aromatic ring is 1. The predicted molar refractivity (Wildman–Crippen MR) is 61.4 cm³/mol. The lowest BCUT2D eigenvalue weighted by Gasteiger charge is -2.08. The maximum Gasteiger partial charge on any atom is 0.220 e. The second-order valence-electron chi connectivity index (χ2n) is 3.24. The van der Waals surface area contributed by atoms with Gasteiger partial charge in [0.15, 0.2) is 0 Å². The Labute approximate surface area is 92.3 Å². The molecule has 0 amide bonds. The molecule has 0 saturated heterocycles. The van der Waals surface area contributed by atoms with Gasteiger partial charge in [-0.1, -0.05) is 0 Å². The standard InChI is InChI=1S/C11H11FN4/c1-14-10-6-7(12)2-3-8(10)9-4-5-15-11(13)16-9/h2-6,14H,1H3,(H2,13,15,16). The monoisotopic (exact) mass is 218 g/mol. The summed E-state index contributed by atoms with van der Waals surface area (Å²) >= 11 is 0. The maximum atomic E-state index is 13.0. The van der Waals surface area contributed by atoms with Crippen LogP contribution in [0.25, 0.3) is 11.3 Å². The van der Waals surface area contributed by atoms with E-state index in [1.807, 2.05) is 0 Å². The number of nitrogens with two attached hydrogens (primary N) is 1. The first-order valence-electron chi connectivity index (χ1n) is 4.77. The fourth-order valence-electron chi connectivity index (χ4n) is 1.47. The molecule has 3 N–H and O–H groups in total. The summed E-state index contributed by atoms with van der Waals surface area (Å²) in [6.07, 6.45) is 1.57.